The Kier molecular flexibility index (Phi) is 4.73. The summed E-state index contributed by atoms with van der Waals surface area (Å²) in [6, 6.07) is 5.68. The predicted molar refractivity (Wildman–Crippen MR) is 76.2 cm³/mol. The molecule has 0 fully saturated rings. The summed E-state index contributed by atoms with van der Waals surface area (Å²) < 4.78 is 24.2. The predicted octanol–water partition coefficient (Wildman–Crippen LogP) is 1.83. The molecule has 0 unspecified atom stereocenters. The highest BCUT2D eigenvalue weighted by Crippen LogP contribution is 2.23. The molecule has 0 saturated heterocycles. The van der Waals surface area contributed by atoms with Crippen LogP contribution in [0.15, 0.2) is 23.1 Å². The molecule has 0 heterocycles. The fraction of sp³-hybridized carbons (Fsp3) is 0.385. The van der Waals surface area contributed by atoms with Gasteiger partial charge in [-0.1, -0.05) is 0 Å². The van der Waals surface area contributed by atoms with E-state index in [-0.39, 0.29) is 16.5 Å². The number of carbonyl (C=O) groups is 1. The van der Waals surface area contributed by atoms with E-state index < -0.39 is 15.1 Å². The molecule has 20 heavy (non-hydrogen) atoms. The van der Waals surface area contributed by atoms with E-state index in [1.807, 2.05) is 6.07 Å². The van der Waals surface area contributed by atoms with Crippen LogP contribution < -0.4 is 5.32 Å². The molecule has 108 valence electrons. The summed E-state index contributed by atoms with van der Waals surface area (Å²) in [6.07, 6.45) is 0. The van der Waals surface area contributed by atoms with Gasteiger partial charge in [0.2, 0.25) is 0 Å². The lowest BCUT2D eigenvalue weighted by atomic mass is 10.2. The van der Waals surface area contributed by atoms with Crippen LogP contribution in [-0.4, -0.2) is 38.7 Å². The van der Waals surface area contributed by atoms with Gasteiger partial charge in [0.1, 0.15) is 6.07 Å². The number of anilines is 1. The van der Waals surface area contributed by atoms with Gasteiger partial charge >= 0.3 is 6.03 Å². The number of sulfone groups is 1. The zero-order valence-electron chi connectivity index (χ0n) is 11.8. The maximum atomic E-state index is 12.1. The average molecular weight is 295 g/mol. The van der Waals surface area contributed by atoms with Crippen molar-refractivity contribution in [3.8, 4) is 6.07 Å². The molecule has 0 atom stereocenters. The van der Waals surface area contributed by atoms with Crippen LogP contribution in [-0.2, 0) is 9.84 Å². The van der Waals surface area contributed by atoms with Gasteiger partial charge in [0, 0.05) is 19.8 Å². The van der Waals surface area contributed by atoms with Crippen LogP contribution in [0.5, 0.6) is 0 Å². The van der Waals surface area contributed by atoms with Crippen LogP contribution in [0.1, 0.15) is 19.4 Å². The molecule has 0 aliphatic rings. The van der Waals surface area contributed by atoms with Crippen molar-refractivity contribution in [3.05, 3.63) is 23.8 Å². The standard InChI is InChI=1S/C13H17N3O3S/c1-9(2)20(18,19)12-6-5-11(7-10(12)8-14)15-13(17)16(3)4/h5-7,9H,1-4H3,(H,15,17). The first kappa shape index (κ1) is 16.0. The van der Waals surface area contributed by atoms with Crippen molar-refractivity contribution in [2.24, 2.45) is 0 Å². The molecule has 1 rings (SSSR count). The van der Waals surface area contributed by atoms with Gasteiger partial charge in [0.15, 0.2) is 9.84 Å². The maximum absolute atomic E-state index is 12.1. The minimum absolute atomic E-state index is 0.0159. The van der Waals surface area contributed by atoms with Crippen LogP contribution in [0.4, 0.5) is 10.5 Å². The smallest absolute Gasteiger partial charge is 0.321 e. The molecule has 6 nitrogen and oxygen atoms in total. The first-order valence-corrected chi connectivity index (χ1v) is 7.51. The molecule has 0 spiro atoms. The second-order valence-electron chi connectivity index (χ2n) is 4.74. The summed E-state index contributed by atoms with van der Waals surface area (Å²) in [5, 5.41) is 11.0. The van der Waals surface area contributed by atoms with Crippen LogP contribution in [0, 0.1) is 11.3 Å². The monoisotopic (exact) mass is 295 g/mol. The van der Waals surface area contributed by atoms with Crippen molar-refractivity contribution in [2.45, 2.75) is 24.0 Å². The Bertz CT molecular complexity index is 658. The van der Waals surface area contributed by atoms with Gasteiger partial charge in [-0.05, 0) is 32.0 Å². The third-order valence-electron chi connectivity index (χ3n) is 2.68. The lowest BCUT2D eigenvalue weighted by Crippen LogP contribution is -2.27. The van der Waals surface area contributed by atoms with Crippen molar-refractivity contribution >= 4 is 21.6 Å². The SMILES string of the molecule is CC(C)S(=O)(=O)c1ccc(NC(=O)N(C)C)cc1C#N. The molecule has 0 saturated carbocycles. The lowest BCUT2D eigenvalue weighted by Gasteiger charge is -2.14. The van der Waals surface area contributed by atoms with E-state index in [4.69, 9.17) is 5.26 Å². The highest BCUT2D eigenvalue weighted by Gasteiger charge is 2.23. The van der Waals surface area contributed by atoms with Crippen LogP contribution in [0.3, 0.4) is 0 Å². The van der Waals surface area contributed by atoms with Crippen molar-refractivity contribution in [1.29, 1.82) is 5.26 Å². The Hall–Kier alpha value is -2.07. The van der Waals surface area contributed by atoms with E-state index in [1.165, 1.54) is 23.1 Å². The Morgan fingerprint density at radius 2 is 1.95 bits per heavy atom. The van der Waals surface area contributed by atoms with Crippen LogP contribution >= 0.6 is 0 Å². The number of rotatable bonds is 3. The lowest BCUT2D eigenvalue weighted by molar-refractivity contribution is 0.230. The number of benzene rings is 1. The number of nitrogens with one attached hydrogen (secondary N) is 1. The maximum Gasteiger partial charge on any atom is 0.321 e. The number of amides is 2. The molecule has 0 bridgehead atoms. The third kappa shape index (κ3) is 3.27. The number of carbonyl (C=O) groups excluding carboxylic acids is 1. The van der Waals surface area contributed by atoms with Crippen molar-refractivity contribution in [1.82, 2.24) is 4.90 Å². The number of hydrogen-bond acceptors (Lipinski definition) is 4. The van der Waals surface area contributed by atoms with Crippen LogP contribution in [0.2, 0.25) is 0 Å². The van der Waals surface area contributed by atoms with Gasteiger partial charge < -0.3 is 10.2 Å². The summed E-state index contributed by atoms with van der Waals surface area (Å²) in [4.78, 5) is 12.8. The number of hydrogen-bond donors (Lipinski definition) is 1. The summed E-state index contributed by atoms with van der Waals surface area (Å²) >= 11 is 0. The van der Waals surface area contributed by atoms with Gasteiger partial charge in [0.05, 0.1) is 15.7 Å². The molecular formula is C13H17N3O3S. The van der Waals surface area contributed by atoms with E-state index >= 15 is 0 Å². The fourth-order valence-electron chi connectivity index (χ4n) is 1.43. The van der Waals surface area contributed by atoms with E-state index in [0.29, 0.717) is 5.69 Å². The molecule has 7 heteroatoms. The zero-order chi connectivity index (χ0) is 15.5. The quantitative estimate of drug-likeness (QED) is 0.921. The molecular weight excluding hydrogens is 278 g/mol. The van der Waals surface area contributed by atoms with E-state index in [9.17, 15) is 13.2 Å². The average Bonchev–Trinajstić information content (AvgIpc) is 2.37. The third-order valence-corrected chi connectivity index (χ3v) is 4.89. The second kappa shape index (κ2) is 5.92. The van der Waals surface area contributed by atoms with Crippen molar-refractivity contribution in [3.63, 3.8) is 0 Å². The molecule has 1 N–H and O–H groups in total. The molecule has 1 aromatic carbocycles. The first-order chi connectivity index (χ1) is 9.20. The number of nitriles is 1. The minimum Gasteiger partial charge on any atom is -0.331 e. The Morgan fingerprint density at radius 3 is 2.40 bits per heavy atom. The fourth-order valence-corrected chi connectivity index (χ4v) is 2.61. The van der Waals surface area contributed by atoms with Gasteiger partial charge in [-0.25, -0.2) is 13.2 Å². The molecule has 0 aliphatic heterocycles. The van der Waals surface area contributed by atoms with E-state index in [1.54, 1.807) is 27.9 Å². The van der Waals surface area contributed by atoms with Crippen LogP contribution in [0.25, 0.3) is 0 Å². The molecule has 0 aliphatic carbocycles. The zero-order valence-corrected chi connectivity index (χ0v) is 12.7. The van der Waals surface area contributed by atoms with Gasteiger partial charge in [-0.15, -0.1) is 0 Å². The number of urea groups is 1. The largest absolute Gasteiger partial charge is 0.331 e. The topological polar surface area (TPSA) is 90.3 Å². The molecule has 0 radical (unpaired) electrons. The van der Waals surface area contributed by atoms with E-state index in [0.717, 1.165) is 0 Å². The summed E-state index contributed by atoms with van der Waals surface area (Å²) in [5.74, 6) is 0. The van der Waals surface area contributed by atoms with Crippen molar-refractivity contribution < 1.29 is 13.2 Å². The summed E-state index contributed by atoms with van der Waals surface area (Å²) in [6.45, 7) is 3.11. The normalized spacial score (nSPS) is 11.0. The minimum atomic E-state index is -3.53. The van der Waals surface area contributed by atoms with Gasteiger partial charge in [-0.2, -0.15) is 5.26 Å². The summed E-state index contributed by atoms with van der Waals surface area (Å²) in [5.41, 5.74) is 0.401. The highest BCUT2D eigenvalue weighted by atomic mass is 32.2. The summed E-state index contributed by atoms with van der Waals surface area (Å²) in [7, 11) is -0.364. The van der Waals surface area contributed by atoms with E-state index in [2.05, 4.69) is 5.32 Å². The molecule has 1 aromatic rings. The molecule has 0 aromatic heterocycles. The molecule has 2 amide bonds. The Labute approximate surface area is 118 Å². The number of nitrogens with zero attached hydrogens (tertiary/aromatic N) is 2. The highest BCUT2D eigenvalue weighted by molar-refractivity contribution is 7.92. The Morgan fingerprint density at radius 1 is 1.35 bits per heavy atom. The first-order valence-electron chi connectivity index (χ1n) is 5.96. The van der Waals surface area contributed by atoms with Gasteiger partial charge in [0.25, 0.3) is 0 Å². The van der Waals surface area contributed by atoms with Crippen molar-refractivity contribution in [2.75, 3.05) is 19.4 Å². The van der Waals surface area contributed by atoms with Gasteiger partial charge in [-0.3, -0.25) is 0 Å². The second-order valence-corrected chi connectivity index (χ2v) is 7.21. The Balaban J connectivity index is 3.23.